The van der Waals surface area contributed by atoms with E-state index in [1.165, 1.54) is 17.6 Å². The molecule has 0 radical (unpaired) electrons. The van der Waals surface area contributed by atoms with Crippen molar-refractivity contribution in [1.29, 1.82) is 0 Å². The number of carbonyl (C=O) groups is 1. The number of furan rings is 1. The van der Waals surface area contributed by atoms with Gasteiger partial charge in [-0.05, 0) is 31.0 Å². The lowest BCUT2D eigenvalue weighted by molar-refractivity contribution is -0.141. The van der Waals surface area contributed by atoms with Gasteiger partial charge in [0, 0.05) is 17.2 Å². The Morgan fingerprint density at radius 2 is 2.07 bits per heavy atom. The first-order chi connectivity index (χ1) is 14.4. The lowest BCUT2D eigenvalue weighted by Crippen LogP contribution is -2.18. The van der Waals surface area contributed by atoms with Gasteiger partial charge in [-0.25, -0.2) is 15.0 Å². The number of rotatable bonds is 3. The van der Waals surface area contributed by atoms with E-state index >= 15 is 0 Å². The molecule has 3 aliphatic rings. The molecule has 6 nitrogen and oxygen atoms in total. The second-order valence-corrected chi connectivity index (χ2v) is 9.26. The first-order valence-electron chi connectivity index (χ1n) is 9.12. The number of nitrogens with one attached hydrogen (secondary N) is 1. The molecule has 5 heterocycles. The van der Waals surface area contributed by atoms with Gasteiger partial charge in [-0.3, -0.25) is 4.79 Å². The van der Waals surface area contributed by atoms with E-state index < -0.39 is 23.0 Å². The summed E-state index contributed by atoms with van der Waals surface area (Å²) in [6.07, 6.45) is -1.12. The Morgan fingerprint density at radius 3 is 2.77 bits per heavy atom. The highest BCUT2D eigenvalue weighted by Crippen LogP contribution is 2.53. The molecule has 0 bridgehead atoms. The summed E-state index contributed by atoms with van der Waals surface area (Å²) in [5.41, 5.74) is 0.509. The van der Waals surface area contributed by atoms with Crippen molar-refractivity contribution in [1.82, 2.24) is 9.97 Å². The third-order valence-electron chi connectivity index (χ3n) is 5.02. The number of carbonyl (C=O) groups excluding carboxylic acids is 1. The molecular formula is C19H11F3N4O2S2. The molecule has 1 N–H and O–H groups in total. The maximum atomic E-state index is 13.5. The fourth-order valence-electron chi connectivity index (χ4n) is 3.51. The summed E-state index contributed by atoms with van der Waals surface area (Å²) >= 11 is 2.37. The number of hydrogen-bond acceptors (Lipinski definition) is 7. The molecule has 6 rings (SSSR count). The minimum atomic E-state index is -4.62. The van der Waals surface area contributed by atoms with Gasteiger partial charge >= 0.3 is 6.18 Å². The number of thiazole rings is 1. The molecule has 11 heteroatoms. The van der Waals surface area contributed by atoms with Crippen LogP contribution in [0.3, 0.4) is 0 Å². The summed E-state index contributed by atoms with van der Waals surface area (Å²) in [7, 11) is 0. The predicted octanol–water partition coefficient (Wildman–Crippen LogP) is 5.18. The average molecular weight is 448 g/mol. The number of alkyl halides is 3. The smallest absolute Gasteiger partial charge is 0.433 e. The van der Waals surface area contributed by atoms with Crippen molar-refractivity contribution in [3.8, 4) is 11.3 Å². The number of halogens is 3. The van der Waals surface area contributed by atoms with Crippen LogP contribution in [0.15, 0.2) is 38.9 Å². The molecule has 0 aromatic carbocycles. The first kappa shape index (κ1) is 18.1. The van der Waals surface area contributed by atoms with Gasteiger partial charge in [0.25, 0.3) is 5.91 Å². The normalized spacial score (nSPS) is 19.9. The zero-order valence-electron chi connectivity index (χ0n) is 15.0. The van der Waals surface area contributed by atoms with Crippen LogP contribution in [0.2, 0.25) is 0 Å². The van der Waals surface area contributed by atoms with Crippen LogP contribution in [0.5, 0.6) is 0 Å². The highest BCUT2D eigenvalue weighted by atomic mass is 32.2. The van der Waals surface area contributed by atoms with Gasteiger partial charge in [0.05, 0.1) is 22.9 Å². The second-order valence-electron chi connectivity index (χ2n) is 7.16. The minimum absolute atomic E-state index is 0.172. The zero-order chi connectivity index (χ0) is 20.6. The number of fused-ring (bicyclic) bond motifs is 5. The number of aliphatic imine (C=N–C) groups is 1. The molecular weight excluding hydrogens is 437 g/mol. The van der Waals surface area contributed by atoms with Crippen molar-refractivity contribution in [2.45, 2.75) is 35.3 Å². The summed E-state index contributed by atoms with van der Waals surface area (Å²) in [5, 5.41) is 3.60. The Bertz CT molecular complexity index is 1230. The van der Waals surface area contributed by atoms with Gasteiger partial charge in [0.15, 0.2) is 5.13 Å². The van der Waals surface area contributed by atoms with Crippen molar-refractivity contribution >= 4 is 39.8 Å². The van der Waals surface area contributed by atoms with Crippen molar-refractivity contribution in [3.63, 3.8) is 0 Å². The van der Waals surface area contributed by atoms with Crippen LogP contribution in [0.1, 0.15) is 44.7 Å². The van der Waals surface area contributed by atoms with Crippen molar-refractivity contribution in [2.75, 3.05) is 5.32 Å². The Kier molecular flexibility index (Phi) is 3.73. The molecule has 1 saturated carbocycles. The number of thioether (sulfide) groups is 1. The molecule has 3 aromatic rings. The van der Waals surface area contributed by atoms with E-state index in [0.29, 0.717) is 33.0 Å². The topological polar surface area (TPSA) is 80.4 Å². The van der Waals surface area contributed by atoms with E-state index in [9.17, 15) is 18.0 Å². The van der Waals surface area contributed by atoms with Crippen LogP contribution in [0.25, 0.3) is 11.3 Å². The van der Waals surface area contributed by atoms with Gasteiger partial charge < -0.3 is 9.73 Å². The first-order valence-corrected chi connectivity index (χ1v) is 10.8. The maximum Gasteiger partial charge on any atom is 0.433 e. The van der Waals surface area contributed by atoms with E-state index in [2.05, 4.69) is 20.3 Å². The van der Waals surface area contributed by atoms with E-state index in [0.717, 1.165) is 30.7 Å². The van der Waals surface area contributed by atoms with Crippen LogP contribution < -0.4 is 5.32 Å². The van der Waals surface area contributed by atoms with Crippen LogP contribution >= 0.6 is 23.1 Å². The second kappa shape index (κ2) is 6.17. The van der Waals surface area contributed by atoms with Crippen LogP contribution in [0.4, 0.5) is 18.3 Å². The van der Waals surface area contributed by atoms with Gasteiger partial charge in [0.1, 0.15) is 21.4 Å². The Hall–Kier alpha value is -2.66. The van der Waals surface area contributed by atoms with E-state index in [1.54, 1.807) is 12.1 Å². The number of amides is 1. The molecule has 1 fully saturated rings. The summed E-state index contributed by atoms with van der Waals surface area (Å²) in [6, 6.07) is 4.48. The van der Waals surface area contributed by atoms with Gasteiger partial charge in [0.2, 0.25) is 0 Å². The SMILES string of the molecule is O=C1N=C2c3c(-c4ccco4)cc(C(F)(F)F)nc3SC2c2nc(NC3CC3)sc21. The predicted molar refractivity (Wildman–Crippen MR) is 105 cm³/mol. The third-order valence-corrected chi connectivity index (χ3v) is 7.21. The molecule has 0 saturated heterocycles. The quantitative estimate of drug-likeness (QED) is 0.595. The molecule has 1 atom stereocenters. The van der Waals surface area contributed by atoms with Crippen molar-refractivity contribution in [3.05, 3.63) is 46.3 Å². The zero-order valence-corrected chi connectivity index (χ0v) is 16.6. The fraction of sp³-hybridized carbons (Fsp3) is 0.263. The Balaban J connectivity index is 1.51. The van der Waals surface area contributed by atoms with Crippen molar-refractivity contribution < 1.29 is 22.4 Å². The highest BCUT2D eigenvalue weighted by Gasteiger charge is 2.45. The lowest BCUT2D eigenvalue weighted by atomic mass is 9.97. The highest BCUT2D eigenvalue weighted by molar-refractivity contribution is 8.00. The monoisotopic (exact) mass is 448 g/mol. The van der Waals surface area contributed by atoms with Gasteiger partial charge in [-0.2, -0.15) is 13.2 Å². The number of pyridine rings is 1. The molecule has 3 aromatic heterocycles. The molecule has 1 unspecified atom stereocenters. The maximum absolute atomic E-state index is 13.5. The standard InChI is InChI=1S/C19H11F3N4O2S2/c20-19(21,22)10-6-8(9-2-1-5-28-9)11-12-14(29-17(11)24-10)13-15(16(27)25-12)30-18(26-13)23-7-3-4-7/h1-2,5-7,14H,3-4H2,(H,23,26). The average Bonchev–Trinajstić information content (AvgIpc) is 3.10. The lowest BCUT2D eigenvalue weighted by Gasteiger charge is -2.15. The molecule has 2 aliphatic heterocycles. The fourth-order valence-corrected chi connectivity index (χ4v) is 5.82. The summed E-state index contributed by atoms with van der Waals surface area (Å²) < 4.78 is 45.8. The molecule has 1 aliphatic carbocycles. The largest absolute Gasteiger partial charge is 0.464 e. The summed E-state index contributed by atoms with van der Waals surface area (Å²) in [5.74, 6) is -0.174. The van der Waals surface area contributed by atoms with Crippen LogP contribution in [-0.2, 0) is 6.18 Å². The van der Waals surface area contributed by atoms with Gasteiger partial charge in [-0.1, -0.05) is 23.1 Å². The van der Waals surface area contributed by atoms with E-state index in [4.69, 9.17) is 4.42 Å². The van der Waals surface area contributed by atoms with Crippen LogP contribution in [0, 0.1) is 0 Å². The third kappa shape index (κ3) is 2.79. The Labute approximate surface area is 175 Å². The molecule has 1 amide bonds. The number of aromatic nitrogens is 2. The number of hydrogen-bond donors (Lipinski definition) is 1. The Morgan fingerprint density at radius 1 is 1.23 bits per heavy atom. The molecule has 0 spiro atoms. The van der Waals surface area contributed by atoms with E-state index in [1.807, 2.05) is 0 Å². The van der Waals surface area contributed by atoms with Gasteiger partial charge in [-0.15, -0.1) is 0 Å². The van der Waals surface area contributed by atoms with E-state index in [-0.39, 0.29) is 16.3 Å². The van der Waals surface area contributed by atoms with Crippen LogP contribution in [-0.4, -0.2) is 27.6 Å². The summed E-state index contributed by atoms with van der Waals surface area (Å²) in [6.45, 7) is 0. The molecule has 152 valence electrons. The number of anilines is 1. The van der Waals surface area contributed by atoms with Crippen molar-refractivity contribution in [2.24, 2.45) is 4.99 Å². The molecule has 30 heavy (non-hydrogen) atoms. The summed E-state index contributed by atoms with van der Waals surface area (Å²) in [4.78, 5) is 25.8. The number of nitrogens with zero attached hydrogens (tertiary/aromatic N) is 3. The minimum Gasteiger partial charge on any atom is -0.464 e.